The molecule has 0 aliphatic carbocycles. The fourth-order valence-corrected chi connectivity index (χ4v) is 3.58. The zero-order valence-corrected chi connectivity index (χ0v) is 18.0. The summed E-state index contributed by atoms with van der Waals surface area (Å²) in [6.07, 6.45) is 2.02. The molecule has 0 unspecified atom stereocenters. The summed E-state index contributed by atoms with van der Waals surface area (Å²) in [6.45, 7) is 6.81. The van der Waals surface area contributed by atoms with Crippen LogP contribution >= 0.6 is 0 Å². The molecule has 1 amide bonds. The number of ether oxygens (including phenoxy) is 2. The van der Waals surface area contributed by atoms with Gasteiger partial charge in [0.25, 0.3) is 0 Å². The van der Waals surface area contributed by atoms with E-state index in [1.54, 1.807) is 37.4 Å². The monoisotopic (exact) mass is 423 g/mol. The van der Waals surface area contributed by atoms with Gasteiger partial charge in [0.05, 0.1) is 18.4 Å². The van der Waals surface area contributed by atoms with E-state index in [4.69, 9.17) is 9.47 Å². The Bertz CT molecular complexity index is 1150. The first kappa shape index (κ1) is 20.6. The van der Waals surface area contributed by atoms with Crippen LogP contribution in [0.4, 0.5) is 16.3 Å². The Kier molecular flexibility index (Phi) is 5.26. The minimum atomic E-state index is -0.588. The molecular formula is C22H25N5O4. The van der Waals surface area contributed by atoms with Crippen molar-refractivity contribution in [2.24, 2.45) is 0 Å². The van der Waals surface area contributed by atoms with Gasteiger partial charge in [-0.15, -0.1) is 5.10 Å². The van der Waals surface area contributed by atoms with Gasteiger partial charge in [-0.1, -0.05) is 6.07 Å². The van der Waals surface area contributed by atoms with E-state index < -0.39 is 11.7 Å². The van der Waals surface area contributed by atoms with E-state index in [0.717, 1.165) is 29.9 Å². The highest BCUT2D eigenvalue weighted by Crippen LogP contribution is 2.26. The second-order valence-corrected chi connectivity index (χ2v) is 8.37. The van der Waals surface area contributed by atoms with Gasteiger partial charge >= 0.3 is 12.1 Å². The molecule has 2 aromatic heterocycles. The Balaban J connectivity index is 1.56. The van der Waals surface area contributed by atoms with E-state index in [0.29, 0.717) is 23.6 Å². The third-order valence-corrected chi connectivity index (χ3v) is 4.91. The predicted molar refractivity (Wildman–Crippen MR) is 115 cm³/mol. The van der Waals surface area contributed by atoms with Crippen molar-refractivity contribution in [2.75, 3.05) is 23.9 Å². The Labute approximate surface area is 180 Å². The number of methoxy groups -OCH3 is 1. The normalized spacial score (nSPS) is 13.6. The molecule has 1 aromatic carbocycles. The van der Waals surface area contributed by atoms with Crippen LogP contribution in [0.15, 0.2) is 36.5 Å². The molecular weight excluding hydrogens is 398 g/mol. The molecule has 0 saturated heterocycles. The molecule has 0 spiro atoms. The van der Waals surface area contributed by atoms with Crippen LogP contribution in [-0.4, -0.2) is 45.9 Å². The average Bonchev–Trinajstić information content (AvgIpc) is 3.14. The summed E-state index contributed by atoms with van der Waals surface area (Å²) < 4.78 is 11.9. The molecule has 1 aliphatic heterocycles. The number of carbonyl (C=O) groups is 2. The molecule has 0 radical (unpaired) electrons. The zero-order chi connectivity index (χ0) is 22.2. The lowest BCUT2D eigenvalue weighted by Gasteiger charge is -2.30. The molecule has 4 rings (SSSR count). The molecule has 162 valence electrons. The van der Waals surface area contributed by atoms with Gasteiger partial charge in [0.1, 0.15) is 5.60 Å². The van der Waals surface area contributed by atoms with Crippen LogP contribution in [0.1, 0.15) is 42.4 Å². The fourth-order valence-electron chi connectivity index (χ4n) is 3.58. The number of rotatable bonds is 3. The summed E-state index contributed by atoms with van der Waals surface area (Å²) in [5.41, 5.74) is 3.61. The van der Waals surface area contributed by atoms with Crippen LogP contribution in [0.3, 0.4) is 0 Å². The molecule has 0 fully saturated rings. The highest BCUT2D eigenvalue weighted by molar-refractivity contribution is 5.90. The van der Waals surface area contributed by atoms with Crippen molar-refractivity contribution in [2.45, 2.75) is 39.3 Å². The molecule has 9 nitrogen and oxygen atoms in total. The van der Waals surface area contributed by atoms with Crippen molar-refractivity contribution >= 4 is 29.2 Å². The zero-order valence-electron chi connectivity index (χ0n) is 18.0. The predicted octanol–water partition coefficient (Wildman–Crippen LogP) is 3.43. The van der Waals surface area contributed by atoms with Gasteiger partial charge < -0.3 is 14.4 Å². The molecule has 9 heteroatoms. The first-order valence-electron chi connectivity index (χ1n) is 10.0. The topological polar surface area (TPSA) is 98.1 Å². The van der Waals surface area contributed by atoms with Crippen LogP contribution in [0.25, 0.3) is 5.65 Å². The number of esters is 1. The lowest BCUT2D eigenvalue weighted by Crippen LogP contribution is -2.32. The number of carbonyl (C=O) groups excluding carboxylic acids is 2. The molecule has 0 bridgehead atoms. The Morgan fingerprint density at radius 2 is 2.00 bits per heavy atom. The third kappa shape index (κ3) is 4.45. The van der Waals surface area contributed by atoms with E-state index in [-0.39, 0.29) is 5.97 Å². The van der Waals surface area contributed by atoms with Gasteiger partial charge in [0.2, 0.25) is 0 Å². The minimum absolute atomic E-state index is 0.357. The van der Waals surface area contributed by atoms with Gasteiger partial charge in [0, 0.05) is 43.0 Å². The van der Waals surface area contributed by atoms with Gasteiger partial charge in [0.15, 0.2) is 11.5 Å². The second kappa shape index (κ2) is 7.90. The smallest absolute Gasteiger partial charge is 0.413 e. The highest BCUT2D eigenvalue weighted by Gasteiger charge is 2.22. The third-order valence-electron chi connectivity index (χ3n) is 4.91. The number of benzene rings is 1. The Morgan fingerprint density at radius 1 is 1.19 bits per heavy atom. The standard InChI is InChI=1S/C22H25N5O4/c1-22(2,3)31-21(29)24-18-11-19-23-12-15-13-26(9-8-17(15)27(19)25-18)16-7-5-6-14(10-16)20(28)30-4/h5-7,10-12H,8-9,13H2,1-4H3,(H,24,25,29). The molecule has 3 aromatic rings. The van der Waals surface area contributed by atoms with Crippen LogP contribution in [-0.2, 0) is 22.4 Å². The van der Waals surface area contributed by atoms with E-state index in [2.05, 4.69) is 20.3 Å². The van der Waals surface area contributed by atoms with Crippen molar-refractivity contribution in [1.82, 2.24) is 14.6 Å². The van der Waals surface area contributed by atoms with Gasteiger partial charge in [-0.05, 0) is 39.0 Å². The summed E-state index contributed by atoms with van der Waals surface area (Å²) in [5, 5.41) is 7.17. The number of hydrogen-bond donors (Lipinski definition) is 1. The molecule has 0 atom stereocenters. The van der Waals surface area contributed by atoms with E-state index in [9.17, 15) is 9.59 Å². The van der Waals surface area contributed by atoms with E-state index in [1.807, 2.05) is 24.4 Å². The lowest BCUT2D eigenvalue weighted by molar-refractivity contribution is 0.0598. The maximum atomic E-state index is 12.0. The van der Waals surface area contributed by atoms with Gasteiger partial charge in [-0.25, -0.2) is 19.1 Å². The van der Waals surface area contributed by atoms with Crippen LogP contribution < -0.4 is 10.2 Å². The van der Waals surface area contributed by atoms with Crippen LogP contribution in [0.2, 0.25) is 0 Å². The summed E-state index contributed by atoms with van der Waals surface area (Å²) >= 11 is 0. The number of nitrogens with zero attached hydrogens (tertiary/aromatic N) is 4. The maximum absolute atomic E-state index is 12.0. The Hall–Kier alpha value is -3.62. The Morgan fingerprint density at radius 3 is 2.74 bits per heavy atom. The van der Waals surface area contributed by atoms with Crippen LogP contribution in [0, 0.1) is 0 Å². The fraction of sp³-hybridized carbons (Fsp3) is 0.364. The minimum Gasteiger partial charge on any atom is -0.465 e. The van der Waals surface area contributed by atoms with Crippen LogP contribution in [0.5, 0.6) is 0 Å². The van der Waals surface area contributed by atoms with Crippen molar-refractivity contribution < 1.29 is 19.1 Å². The largest absolute Gasteiger partial charge is 0.465 e. The summed E-state index contributed by atoms with van der Waals surface area (Å²) in [5.74, 6) is 0.0348. The molecule has 3 heterocycles. The molecule has 31 heavy (non-hydrogen) atoms. The molecule has 1 aliphatic rings. The number of amides is 1. The summed E-state index contributed by atoms with van der Waals surface area (Å²) in [6, 6.07) is 9.11. The molecule has 0 saturated carbocycles. The maximum Gasteiger partial charge on any atom is 0.413 e. The van der Waals surface area contributed by atoms with Crippen molar-refractivity contribution in [3.63, 3.8) is 0 Å². The first-order valence-corrected chi connectivity index (χ1v) is 10.0. The number of nitrogens with one attached hydrogen (secondary N) is 1. The van der Waals surface area contributed by atoms with Crippen molar-refractivity contribution in [3.8, 4) is 0 Å². The quantitative estimate of drug-likeness (QED) is 0.645. The summed E-state index contributed by atoms with van der Waals surface area (Å²) in [7, 11) is 1.37. The van der Waals surface area contributed by atoms with Crippen molar-refractivity contribution in [3.05, 3.63) is 53.3 Å². The lowest BCUT2D eigenvalue weighted by atomic mass is 10.1. The highest BCUT2D eigenvalue weighted by atomic mass is 16.6. The van der Waals surface area contributed by atoms with E-state index >= 15 is 0 Å². The number of hydrogen-bond acceptors (Lipinski definition) is 7. The number of aromatic nitrogens is 3. The number of anilines is 2. The van der Waals surface area contributed by atoms with Gasteiger partial charge in [-0.2, -0.15) is 0 Å². The SMILES string of the molecule is COC(=O)c1cccc(N2CCc3c(cnc4cc(NC(=O)OC(C)(C)C)nn34)C2)c1. The summed E-state index contributed by atoms with van der Waals surface area (Å²) in [4.78, 5) is 30.6. The van der Waals surface area contributed by atoms with Crippen molar-refractivity contribution in [1.29, 1.82) is 0 Å². The van der Waals surface area contributed by atoms with E-state index in [1.165, 1.54) is 7.11 Å². The van der Waals surface area contributed by atoms with Gasteiger partial charge in [-0.3, -0.25) is 5.32 Å². The number of fused-ring (bicyclic) bond motifs is 3. The molecule has 1 N–H and O–H groups in total. The average molecular weight is 423 g/mol. The first-order chi connectivity index (χ1) is 14.7. The second-order valence-electron chi connectivity index (χ2n) is 8.37.